The molecule has 1 aliphatic rings. The topological polar surface area (TPSA) is 18.5 Å². The van der Waals surface area contributed by atoms with Gasteiger partial charge in [-0.05, 0) is 11.1 Å². The van der Waals surface area contributed by atoms with Crippen molar-refractivity contribution in [1.82, 2.24) is 0 Å². The van der Waals surface area contributed by atoms with Gasteiger partial charge in [0.1, 0.15) is 12.3 Å². The molecule has 0 unspecified atom stereocenters. The Bertz CT molecular complexity index is 612. The van der Waals surface area contributed by atoms with E-state index in [9.17, 15) is 4.39 Å². The number of benzene rings is 2. The fourth-order valence-corrected chi connectivity index (χ4v) is 2.66. The second-order valence-corrected chi connectivity index (χ2v) is 5.73. The van der Waals surface area contributed by atoms with Crippen LogP contribution in [0.2, 0.25) is 0 Å². The smallest absolute Gasteiger partial charge is 0.121 e. The van der Waals surface area contributed by atoms with Crippen LogP contribution in [0.15, 0.2) is 72.8 Å². The number of rotatable bonds is 6. The highest BCUT2D eigenvalue weighted by Crippen LogP contribution is 2.23. The van der Waals surface area contributed by atoms with Gasteiger partial charge < -0.3 is 9.47 Å². The maximum atomic E-state index is 13.7. The number of hydrogen-bond donors (Lipinski definition) is 0. The van der Waals surface area contributed by atoms with E-state index in [1.54, 1.807) is 12.2 Å². The number of hydrogen-bond acceptors (Lipinski definition) is 2. The van der Waals surface area contributed by atoms with E-state index in [4.69, 9.17) is 9.47 Å². The minimum absolute atomic E-state index is 0.217. The molecule has 120 valence electrons. The van der Waals surface area contributed by atoms with Crippen LogP contribution >= 0.6 is 0 Å². The van der Waals surface area contributed by atoms with Crippen molar-refractivity contribution in [2.45, 2.75) is 38.0 Å². The standard InChI is InChI=1S/C20H21FO2/c21-18-11-12-19(22-14-16-7-3-1-4-8-16)20(13-18)23-15-17-9-5-2-6-10-17/h1-12,18-20H,13-15H2/t18-,19-,20+/m1/s1. The fourth-order valence-electron chi connectivity index (χ4n) is 2.66. The Hall–Kier alpha value is -1.97. The molecule has 0 N–H and O–H groups in total. The highest BCUT2D eigenvalue weighted by atomic mass is 19.1. The minimum Gasteiger partial charge on any atom is -0.370 e. The fraction of sp³-hybridized carbons (Fsp3) is 0.300. The van der Waals surface area contributed by atoms with Gasteiger partial charge in [-0.25, -0.2) is 4.39 Å². The molecule has 0 saturated carbocycles. The summed E-state index contributed by atoms with van der Waals surface area (Å²) in [5.74, 6) is 0. The molecular formula is C20H21FO2. The zero-order valence-electron chi connectivity index (χ0n) is 13.0. The van der Waals surface area contributed by atoms with Crippen molar-refractivity contribution in [2.75, 3.05) is 0 Å². The van der Waals surface area contributed by atoms with Gasteiger partial charge in [-0.15, -0.1) is 0 Å². The molecule has 0 fully saturated rings. The van der Waals surface area contributed by atoms with E-state index in [1.165, 1.54) is 0 Å². The lowest BCUT2D eigenvalue weighted by molar-refractivity contribution is -0.0779. The molecule has 3 rings (SSSR count). The second-order valence-electron chi connectivity index (χ2n) is 5.73. The highest BCUT2D eigenvalue weighted by molar-refractivity contribution is 5.15. The van der Waals surface area contributed by atoms with Crippen molar-refractivity contribution in [1.29, 1.82) is 0 Å². The van der Waals surface area contributed by atoms with Crippen molar-refractivity contribution < 1.29 is 13.9 Å². The minimum atomic E-state index is -0.965. The Morgan fingerprint density at radius 1 is 0.783 bits per heavy atom. The summed E-state index contributed by atoms with van der Waals surface area (Å²) in [6, 6.07) is 19.9. The van der Waals surface area contributed by atoms with E-state index < -0.39 is 6.17 Å². The quantitative estimate of drug-likeness (QED) is 0.733. The number of ether oxygens (including phenoxy) is 2. The molecule has 0 amide bonds. The third-order valence-electron chi connectivity index (χ3n) is 3.93. The first-order valence-corrected chi connectivity index (χ1v) is 7.95. The van der Waals surface area contributed by atoms with Gasteiger partial charge in [-0.3, -0.25) is 0 Å². The summed E-state index contributed by atoms with van der Waals surface area (Å²) in [4.78, 5) is 0. The third-order valence-corrected chi connectivity index (χ3v) is 3.93. The van der Waals surface area contributed by atoms with E-state index in [2.05, 4.69) is 0 Å². The van der Waals surface area contributed by atoms with Gasteiger partial charge in [-0.1, -0.05) is 72.8 Å². The summed E-state index contributed by atoms with van der Waals surface area (Å²) in [7, 11) is 0. The molecule has 2 nitrogen and oxygen atoms in total. The molecule has 0 aromatic heterocycles. The molecule has 2 aromatic rings. The van der Waals surface area contributed by atoms with Gasteiger partial charge in [0.05, 0.1) is 19.3 Å². The second kappa shape index (κ2) is 8.04. The van der Waals surface area contributed by atoms with Crippen LogP contribution in [0, 0.1) is 0 Å². The lowest BCUT2D eigenvalue weighted by atomic mass is 10.00. The Morgan fingerprint density at radius 3 is 1.96 bits per heavy atom. The number of allylic oxidation sites excluding steroid dienone is 1. The summed E-state index contributed by atoms with van der Waals surface area (Å²) in [5.41, 5.74) is 2.18. The van der Waals surface area contributed by atoms with Gasteiger partial charge >= 0.3 is 0 Å². The van der Waals surface area contributed by atoms with E-state index in [-0.39, 0.29) is 12.2 Å². The summed E-state index contributed by atoms with van der Waals surface area (Å²) < 4.78 is 25.5. The van der Waals surface area contributed by atoms with Crippen LogP contribution in [-0.4, -0.2) is 18.4 Å². The predicted octanol–water partition coefficient (Wildman–Crippen LogP) is 4.46. The van der Waals surface area contributed by atoms with Crippen molar-refractivity contribution in [3.05, 3.63) is 83.9 Å². The zero-order chi connectivity index (χ0) is 15.9. The Labute approximate surface area is 136 Å². The van der Waals surface area contributed by atoms with Crippen molar-refractivity contribution in [3.63, 3.8) is 0 Å². The summed E-state index contributed by atoms with van der Waals surface area (Å²) in [6.45, 7) is 0.968. The Morgan fingerprint density at radius 2 is 1.35 bits per heavy atom. The molecule has 3 atom stereocenters. The Balaban J connectivity index is 1.58. The normalized spacial score (nSPS) is 23.8. The van der Waals surface area contributed by atoms with Crippen LogP contribution < -0.4 is 0 Å². The first-order chi connectivity index (χ1) is 11.3. The first kappa shape index (κ1) is 15.9. The van der Waals surface area contributed by atoms with Crippen LogP contribution in [0.5, 0.6) is 0 Å². The first-order valence-electron chi connectivity index (χ1n) is 7.95. The zero-order valence-corrected chi connectivity index (χ0v) is 13.0. The maximum Gasteiger partial charge on any atom is 0.121 e. The van der Waals surface area contributed by atoms with Crippen LogP contribution in [0.4, 0.5) is 4.39 Å². The average molecular weight is 312 g/mol. The van der Waals surface area contributed by atoms with Gasteiger partial charge in [0.2, 0.25) is 0 Å². The van der Waals surface area contributed by atoms with Crippen molar-refractivity contribution in [2.24, 2.45) is 0 Å². The molecular weight excluding hydrogens is 291 g/mol. The summed E-state index contributed by atoms with van der Waals surface area (Å²) >= 11 is 0. The van der Waals surface area contributed by atoms with E-state index in [0.717, 1.165) is 11.1 Å². The van der Waals surface area contributed by atoms with Gasteiger partial charge in [0, 0.05) is 6.42 Å². The number of alkyl halides is 1. The molecule has 2 aromatic carbocycles. The van der Waals surface area contributed by atoms with Crippen LogP contribution in [0.3, 0.4) is 0 Å². The molecule has 0 spiro atoms. The van der Waals surface area contributed by atoms with Crippen molar-refractivity contribution in [3.8, 4) is 0 Å². The van der Waals surface area contributed by atoms with Gasteiger partial charge in [-0.2, -0.15) is 0 Å². The van der Waals surface area contributed by atoms with Crippen LogP contribution in [-0.2, 0) is 22.7 Å². The lowest BCUT2D eigenvalue weighted by Crippen LogP contribution is -2.35. The predicted molar refractivity (Wildman–Crippen MR) is 88.7 cm³/mol. The third kappa shape index (κ3) is 4.75. The van der Waals surface area contributed by atoms with Gasteiger partial charge in [0.15, 0.2) is 0 Å². The van der Waals surface area contributed by atoms with Crippen molar-refractivity contribution >= 4 is 0 Å². The average Bonchev–Trinajstić information content (AvgIpc) is 2.61. The molecule has 0 bridgehead atoms. The molecule has 23 heavy (non-hydrogen) atoms. The Kier molecular flexibility index (Phi) is 5.56. The highest BCUT2D eigenvalue weighted by Gasteiger charge is 2.28. The lowest BCUT2D eigenvalue weighted by Gasteiger charge is -2.29. The van der Waals surface area contributed by atoms with Gasteiger partial charge in [0.25, 0.3) is 0 Å². The molecule has 0 saturated heterocycles. The molecule has 1 aliphatic carbocycles. The number of halogens is 1. The molecule has 0 aliphatic heterocycles. The summed E-state index contributed by atoms with van der Waals surface area (Å²) in [6.07, 6.45) is 2.24. The molecule has 0 heterocycles. The van der Waals surface area contributed by atoms with Crippen LogP contribution in [0.25, 0.3) is 0 Å². The monoisotopic (exact) mass is 312 g/mol. The van der Waals surface area contributed by atoms with E-state index >= 15 is 0 Å². The van der Waals surface area contributed by atoms with E-state index in [1.807, 2.05) is 60.7 Å². The molecule has 0 radical (unpaired) electrons. The van der Waals surface area contributed by atoms with Crippen LogP contribution in [0.1, 0.15) is 17.5 Å². The molecule has 3 heteroatoms. The SMILES string of the molecule is F[C@@H]1C=C[C@@H](OCc2ccccc2)[C@@H](OCc2ccccc2)C1. The maximum absolute atomic E-state index is 13.7. The summed E-state index contributed by atoms with van der Waals surface area (Å²) in [5, 5.41) is 0. The largest absolute Gasteiger partial charge is 0.370 e. The van der Waals surface area contributed by atoms with E-state index in [0.29, 0.717) is 19.6 Å².